The van der Waals surface area contributed by atoms with Crippen LogP contribution >= 0.6 is 0 Å². The molecular weight excluding hydrogens is 271 g/mol. The Morgan fingerprint density at radius 1 is 0.688 bits per heavy atom. The second kappa shape index (κ2) is 8.66. The van der Waals surface area contributed by atoms with E-state index < -0.39 is 13.9 Å². The van der Waals surface area contributed by atoms with Crippen LogP contribution in [0.1, 0.15) is 59.3 Å². The zero-order valence-corrected chi connectivity index (χ0v) is 12.1. The van der Waals surface area contributed by atoms with Gasteiger partial charge in [0.2, 0.25) is 0 Å². The number of hydrogen-bond donors (Lipinski definition) is 0. The van der Waals surface area contributed by atoms with Gasteiger partial charge in [-0.25, -0.2) is 0 Å². The van der Waals surface area contributed by atoms with Crippen LogP contribution in [-0.2, 0) is 14.4 Å². The molecule has 4 heteroatoms. The first-order chi connectivity index (χ1) is 7.58. The zero-order valence-electron chi connectivity index (χ0n) is 10.4. The number of carbonyl (C=O) groups is 3. The van der Waals surface area contributed by atoms with Gasteiger partial charge in [0.05, 0.1) is 0 Å². The van der Waals surface area contributed by atoms with Crippen molar-refractivity contribution >= 4 is 27.9 Å². The predicted molar refractivity (Wildman–Crippen MR) is 65.5 cm³/mol. The Labute approximate surface area is 102 Å². The summed E-state index contributed by atoms with van der Waals surface area (Å²) in [4.78, 5) is 35.4. The Hall–Kier alpha value is -0.471. The molecule has 0 aliphatic rings. The topological polar surface area (TPSA) is 51.2 Å². The predicted octanol–water partition coefficient (Wildman–Crippen LogP) is 2.21. The summed E-state index contributed by atoms with van der Waals surface area (Å²) in [6, 6.07) is 0. The van der Waals surface area contributed by atoms with E-state index in [0.29, 0.717) is 19.3 Å². The summed E-state index contributed by atoms with van der Waals surface area (Å²) in [6.45, 7) is 5.70. The van der Waals surface area contributed by atoms with Crippen molar-refractivity contribution < 1.29 is 14.4 Å². The molecule has 0 aromatic rings. The van der Waals surface area contributed by atoms with E-state index in [1.807, 2.05) is 20.8 Å². The fourth-order valence-corrected chi connectivity index (χ4v) is 5.47. The van der Waals surface area contributed by atoms with Crippen LogP contribution in [-0.4, -0.2) is 27.9 Å². The molecule has 0 unspecified atom stereocenters. The van der Waals surface area contributed by atoms with Crippen LogP contribution in [0.15, 0.2) is 0 Å². The Kier molecular flexibility index (Phi) is 8.40. The van der Waals surface area contributed by atoms with E-state index in [4.69, 9.17) is 0 Å². The van der Waals surface area contributed by atoms with E-state index in [1.165, 1.54) is 0 Å². The van der Waals surface area contributed by atoms with E-state index in [-0.39, 0.29) is 14.0 Å². The molecule has 0 bridgehead atoms. The summed E-state index contributed by atoms with van der Waals surface area (Å²) in [5.74, 6) is 0. The minimum atomic E-state index is -2.33. The molecular formula is C12H21O3Se. The van der Waals surface area contributed by atoms with Crippen LogP contribution in [0.5, 0.6) is 0 Å². The van der Waals surface area contributed by atoms with Crippen molar-refractivity contribution in [3.8, 4) is 0 Å². The molecule has 0 spiro atoms. The van der Waals surface area contributed by atoms with E-state index in [9.17, 15) is 14.4 Å². The summed E-state index contributed by atoms with van der Waals surface area (Å²) >= 11 is -2.33. The second-order valence-electron chi connectivity index (χ2n) is 3.67. The normalized spacial score (nSPS) is 10.5. The molecule has 0 aliphatic carbocycles. The molecule has 0 rings (SSSR count). The van der Waals surface area contributed by atoms with Gasteiger partial charge in [0.1, 0.15) is 0 Å². The standard InChI is InChI=1S/C12H21O3Se/c1-4-7-10(13)16(11(14)8-5-2)12(15)9-6-3/h4-9H2,1-3H3. The van der Waals surface area contributed by atoms with Crippen LogP contribution in [0.3, 0.4) is 0 Å². The molecule has 93 valence electrons. The first-order valence-electron chi connectivity index (χ1n) is 5.91. The van der Waals surface area contributed by atoms with E-state index >= 15 is 0 Å². The quantitative estimate of drug-likeness (QED) is 0.612. The van der Waals surface area contributed by atoms with Gasteiger partial charge in [-0.2, -0.15) is 0 Å². The average molecular weight is 292 g/mol. The van der Waals surface area contributed by atoms with Gasteiger partial charge in [-0.3, -0.25) is 0 Å². The van der Waals surface area contributed by atoms with Crippen molar-refractivity contribution in [2.45, 2.75) is 59.3 Å². The van der Waals surface area contributed by atoms with Gasteiger partial charge in [0.15, 0.2) is 0 Å². The molecule has 0 aliphatic heterocycles. The fourth-order valence-electron chi connectivity index (χ4n) is 1.30. The fraction of sp³-hybridized carbons (Fsp3) is 0.750. The Bertz CT molecular complexity index is 218. The van der Waals surface area contributed by atoms with Crippen molar-refractivity contribution in [1.82, 2.24) is 0 Å². The summed E-state index contributed by atoms with van der Waals surface area (Å²) in [5.41, 5.74) is 0. The van der Waals surface area contributed by atoms with E-state index in [0.717, 1.165) is 19.3 Å². The molecule has 3 nitrogen and oxygen atoms in total. The molecule has 0 saturated heterocycles. The summed E-state index contributed by atoms with van der Waals surface area (Å²) < 4.78 is -0.210. The molecule has 0 aromatic carbocycles. The van der Waals surface area contributed by atoms with Gasteiger partial charge in [0.25, 0.3) is 0 Å². The van der Waals surface area contributed by atoms with Crippen molar-refractivity contribution in [3.63, 3.8) is 0 Å². The first kappa shape index (κ1) is 15.5. The third-order valence-electron chi connectivity index (χ3n) is 2.05. The van der Waals surface area contributed by atoms with Crippen LogP contribution in [0.2, 0.25) is 0 Å². The maximum absolute atomic E-state index is 11.8. The zero-order chi connectivity index (χ0) is 12.6. The molecule has 0 aromatic heterocycles. The molecule has 0 amide bonds. The van der Waals surface area contributed by atoms with Gasteiger partial charge < -0.3 is 0 Å². The van der Waals surface area contributed by atoms with Gasteiger partial charge in [-0.1, -0.05) is 0 Å². The van der Waals surface area contributed by atoms with Gasteiger partial charge in [-0.15, -0.1) is 0 Å². The van der Waals surface area contributed by atoms with Gasteiger partial charge in [0, 0.05) is 0 Å². The number of hydrogen-bond acceptors (Lipinski definition) is 3. The molecule has 0 heterocycles. The third kappa shape index (κ3) is 5.04. The van der Waals surface area contributed by atoms with Crippen LogP contribution < -0.4 is 0 Å². The summed E-state index contributed by atoms with van der Waals surface area (Å²) in [6.07, 6.45) is 3.31. The molecule has 0 saturated carbocycles. The monoisotopic (exact) mass is 293 g/mol. The molecule has 1 radical (unpaired) electrons. The number of rotatable bonds is 9. The van der Waals surface area contributed by atoms with Gasteiger partial charge >= 0.3 is 102 Å². The Balaban J connectivity index is 4.68. The average Bonchev–Trinajstić information content (AvgIpc) is 2.19. The molecule has 0 atom stereocenters. The van der Waals surface area contributed by atoms with Crippen molar-refractivity contribution in [3.05, 3.63) is 0 Å². The molecule has 16 heavy (non-hydrogen) atoms. The minimum absolute atomic E-state index is 0.0700. The third-order valence-corrected chi connectivity index (χ3v) is 6.20. The Morgan fingerprint density at radius 3 is 1.12 bits per heavy atom. The molecule has 0 fully saturated rings. The van der Waals surface area contributed by atoms with Crippen molar-refractivity contribution in [1.29, 1.82) is 0 Å². The first-order valence-corrected chi connectivity index (χ1v) is 8.48. The van der Waals surface area contributed by atoms with E-state index in [1.54, 1.807) is 0 Å². The van der Waals surface area contributed by atoms with Gasteiger partial charge in [-0.05, 0) is 0 Å². The van der Waals surface area contributed by atoms with E-state index in [2.05, 4.69) is 0 Å². The van der Waals surface area contributed by atoms with Crippen LogP contribution in [0.4, 0.5) is 0 Å². The van der Waals surface area contributed by atoms with Crippen molar-refractivity contribution in [2.75, 3.05) is 0 Å². The SMILES string of the molecule is CCCC(=O)[Se](C(=O)CCC)C(=O)CCC. The van der Waals surface area contributed by atoms with Crippen molar-refractivity contribution in [2.24, 2.45) is 0 Å². The van der Waals surface area contributed by atoms with Crippen LogP contribution in [0.25, 0.3) is 0 Å². The number of carbonyl (C=O) groups excluding carboxylic acids is 3. The van der Waals surface area contributed by atoms with Crippen LogP contribution in [0, 0.1) is 0 Å². The summed E-state index contributed by atoms with van der Waals surface area (Å²) in [5, 5.41) is 0. The summed E-state index contributed by atoms with van der Waals surface area (Å²) in [7, 11) is 0. The molecule has 0 N–H and O–H groups in total. The maximum atomic E-state index is 11.8. The second-order valence-corrected chi connectivity index (χ2v) is 7.82. The Morgan fingerprint density at radius 2 is 0.938 bits per heavy atom.